The molecule has 0 aromatic rings. The SMILES string of the molecule is C1=CCCCCCC1.O=S(=O)(O)C(F)(F)F. The van der Waals surface area contributed by atoms with E-state index in [1.54, 1.807) is 0 Å². The molecule has 1 rings (SSSR count). The van der Waals surface area contributed by atoms with E-state index in [0.717, 1.165) is 0 Å². The van der Waals surface area contributed by atoms with Crippen molar-refractivity contribution in [1.29, 1.82) is 0 Å². The smallest absolute Gasteiger partial charge is 0.279 e. The van der Waals surface area contributed by atoms with Crippen LogP contribution in [-0.2, 0) is 10.1 Å². The zero-order valence-corrected chi connectivity index (χ0v) is 9.52. The van der Waals surface area contributed by atoms with E-state index < -0.39 is 15.6 Å². The van der Waals surface area contributed by atoms with Crippen molar-refractivity contribution in [2.75, 3.05) is 0 Å². The fourth-order valence-corrected chi connectivity index (χ4v) is 1.11. The Labute approximate surface area is 93.1 Å². The molecule has 0 saturated carbocycles. The van der Waals surface area contributed by atoms with E-state index >= 15 is 0 Å². The molecule has 0 saturated heterocycles. The van der Waals surface area contributed by atoms with Gasteiger partial charge < -0.3 is 0 Å². The normalized spacial score (nSPS) is 18.0. The molecule has 16 heavy (non-hydrogen) atoms. The highest BCUT2D eigenvalue weighted by atomic mass is 32.2. The Balaban J connectivity index is 0.000000281. The number of rotatable bonds is 0. The minimum Gasteiger partial charge on any atom is -0.279 e. The van der Waals surface area contributed by atoms with Crippen LogP contribution in [0.15, 0.2) is 12.2 Å². The largest absolute Gasteiger partial charge is 0.522 e. The molecule has 0 aromatic heterocycles. The maximum absolute atomic E-state index is 10.7. The second-order valence-electron chi connectivity index (χ2n) is 3.38. The lowest BCUT2D eigenvalue weighted by atomic mass is 10.1. The molecule has 0 atom stereocenters. The maximum Gasteiger partial charge on any atom is 0.522 e. The first-order chi connectivity index (χ1) is 7.25. The van der Waals surface area contributed by atoms with Crippen molar-refractivity contribution >= 4 is 10.1 Å². The third kappa shape index (κ3) is 7.70. The molecule has 0 heterocycles. The average molecular weight is 260 g/mol. The number of halogens is 3. The number of alkyl halides is 3. The fourth-order valence-electron chi connectivity index (χ4n) is 1.11. The highest BCUT2D eigenvalue weighted by Crippen LogP contribution is 2.20. The molecule has 1 aliphatic carbocycles. The van der Waals surface area contributed by atoms with E-state index in [4.69, 9.17) is 13.0 Å². The Morgan fingerprint density at radius 1 is 0.938 bits per heavy atom. The number of hydrogen-bond acceptors (Lipinski definition) is 2. The molecule has 7 heteroatoms. The zero-order valence-electron chi connectivity index (χ0n) is 8.70. The molecule has 0 aliphatic heterocycles. The monoisotopic (exact) mass is 260 g/mol. The van der Waals surface area contributed by atoms with Gasteiger partial charge in [0, 0.05) is 0 Å². The van der Waals surface area contributed by atoms with E-state index in [9.17, 15) is 13.2 Å². The summed E-state index contributed by atoms with van der Waals surface area (Å²) < 4.78 is 57.5. The van der Waals surface area contributed by atoms with Crippen molar-refractivity contribution in [1.82, 2.24) is 0 Å². The molecule has 0 aromatic carbocycles. The van der Waals surface area contributed by atoms with Gasteiger partial charge in [-0.2, -0.15) is 21.6 Å². The van der Waals surface area contributed by atoms with Gasteiger partial charge in [0.15, 0.2) is 0 Å². The van der Waals surface area contributed by atoms with Crippen molar-refractivity contribution < 1.29 is 26.1 Å². The summed E-state index contributed by atoms with van der Waals surface area (Å²) in [7, 11) is -5.84. The molecule has 1 N–H and O–H groups in total. The molecule has 0 bridgehead atoms. The van der Waals surface area contributed by atoms with Crippen molar-refractivity contribution in [3.63, 3.8) is 0 Å². The van der Waals surface area contributed by atoms with Crippen LogP contribution in [0.2, 0.25) is 0 Å². The van der Waals surface area contributed by atoms with Crippen molar-refractivity contribution in [2.24, 2.45) is 0 Å². The Morgan fingerprint density at radius 3 is 1.50 bits per heavy atom. The van der Waals surface area contributed by atoms with Crippen LogP contribution < -0.4 is 0 Å². The summed E-state index contributed by atoms with van der Waals surface area (Å²) in [6, 6.07) is 0. The van der Waals surface area contributed by atoms with Crippen LogP contribution in [0.5, 0.6) is 0 Å². The molecule has 96 valence electrons. The van der Waals surface area contributed by atoms with E-state index in [0.29, 0.717) is 0 Å². The quantitative estimate of drug-likeness (QED) is 0.413. The van der Waals surface area contributed by atoms with Crippen LogP contribution in [0.1, 0.15) is 38.5 Å². The van der Waals surface area contributed by atoms with Gasteiger partial charge in [0.25, 0.3) is 0 Å². The predicted molar refractivity (Wildman–Crippen MR) is 54.4 cm³/mol. The van der Waals surface area contributed by atoms with Crippen LogP contribution in [0, 0.1) is 0 Å². The highest BCUT2D eigenvalue weighted by molar-refractivity contribution is 7.86. The molecule has 0 spiro atoms. The Morgan fingerprint density at radius 2 is 1.25 bits per heavy atom. The second-order valence-corrected chi connectivity index (χ2v) is 4.80. The summed E-state index contributed by atoms with van der Waals surface area (Å²) in [5.41, 5.74) is -5.53. The van der Waals surface area contributed by atoms with Crippen LogP contribution in [0.4, 0.5) is 13.2 Å². The minimum absolute atomic E-state index is 1.32. The third-order valence-corrected chi connectivity index (χ3v) is 2.54. The fraction of sp³-hybridized carbons (Fsp3) is 0.778. The lowest BCUT2D eigenvalue weighted by Crippen LogP contribution is -2.21. The van der Waals surface area contributed by atoms with Crippen LogP contribution in [-0.4, -0.2) is 18.5 Å². The maximum atomic E-state index is 10.7. The standard InChI is InChI=1S/C8H14.CHF3O3S/c1-2-4-6-8-7-5-3-1;2-1(3,4)8(5,6)7/h1-2H,3-8H2;(H,5,6,7). The molecule has 0 radical (unpaired) electrons. The first-order valence-electron chi connectivity index (χ1n) is 4.94. The molecule has 0 fully saturated rings. The van der Waals surface area contributed by atoms with Gasteiger partial charge in [-0.15, -0.1) is 0 Å². The molecule has 1 aliphatic rings. The lowest BCUT2D eigenvalue weighted by Gasteiger charge is -2.00. The minimum atomic E-state index is -5.84. The summed E-state index contributed by atoms with van der Waals surface area (Å²) in [5.74, 6) is 0. The lowest BCUT2D eigenvalue weighted by molar-refractivity contribution is -0.0510. The summed E-state index contributed by atoms with van der Waals surface area (Å²) in [5, 5.41) is 0. The van der Waals surface area contributed by atoms with Crippen molar-refractivity contribution in [3.05, 3.63) is 12.2 Å². The number of hydrogen-bond donors (Lipinski definition) is 1. The predicted octanol–water partition coefficient (Wildman–Crippen LogP) is 3.29. The molecule has 0 unspecified atom stereocenters. The van der Waals surface area contributed by atoms with Crippen LogP contribution in [0.3, 0.4) is 0 Å². The molecule has 3 nitrogen and oxygen atoms in total. The summed E-state index contributed by atoms with van der Waals surface area (Å²) in [6.07, 6.45) is 13.0. The third-order valence-electron chi connectivity index (χ3n) is 1.95. The van der Waals surface area contributed by atoms with Gasteiger partial charge in [-0.1, -0.05) is 25.0 Å². The van der Waals surface area contributed by atoms with Gasteiger partial charge in [0.05, 0.1) is 0 Å². The molecule has 0 amide bonds. The zero-order chi connectivity index (χ0) is 12.7. The van der Waals surface area contributed by atoms with Crippen molar-refractivity contribution in [3.8, 4) is 0 Å². The van der Waals surface area contributed by atoms with Crippen molar-refractivity contribution in [2.45, 2.75) is 44.0 Å². The Bertz CT molecular complexity index is 296. The van der Waals surface area contributed by atoms with E-state index in [-0.39, 0.29) is 0 Å². The van der Waals surface area contributed by atoms with E-state index in [2.05, 4.69) is 12.2 Å². The van der Waals surface area contributed by atoms with Gasteiger partial charge in [-0.05, 0) is 25.7 Å². The van der Waals surface area contributed by atoms with Gasteiger partial charge in [-0.3, -0.25) is 4.55 Å². The summed E-state index contributed by atoms with van der Waals surface area (Å²) >= 11 is 0. The van der Waals surface area contributed by atoms with E-state index in [1.807, 2.05) is 0 Å². The molecular formula is C9H15F3O3S. The van der Waals surface area contributed by atoms with Crippen LogP contribution >= 0.6 is 0 Å². The highest BCUT2D eigenvalue weighted by Gasteiger charge is 2.44. The van der Waals surface area contributed by atoms with Gasteiger partial charge in [-0.25, -0.2) is 0 Å². The van der Waals surface area contributed by atoms with Gasteiger partial charge in [0.1, 0.15) is 0 Å². The first-order valence-corrected chi connectivity index (χ1v) is 6.38. The topological polar surface area (TPSA) is 54.4 Å². The van der Waals surface area contributed by atoms with E-state index in [1.165, 1.54) is 38.5 Å². The summed E-state index contributed by atoms with van der Waals surface area (Å²) in [6.45, 7) is 0. The summed E-state index contributed by atoms with van der Waals surface area (Å²) in [4.78, 5) is 0. The molecular weight excluding hydrogens is 245 g/mol. The van der Waals surface area contributed by atoms with Gasteiger partial charge in [0.2, 0.25) is 0 Å². The van der Waals surface area contributed by atoms with Crippen LogP contribution in [0.25, 0.3) is 0 Å². The Kier molecular flexibility index (Phi) is 6.66. The second kappa shape index (κ2) is 6.90. The number of allylic oxidation sites excluding steroid dienone is 2. The van der Waals surface area contributed by atoms with Gasteiger partial charge >= 0.3 is 15.6 Å². The Hall–Kier alpha value is -0.560. The average Bonchev–Trinajstić information content (AvgIpc) is 1.98. The first kappa shape index (κ1) is 15.4.